The molecule has 3 saturated heterocycles. The van der Waals surface area contributed by atoms with E-state index in [4.69, 9.17) is 16.3 Å². The van der Waals surface area contributed by atoms with Crippen molar-refractivity contribution >= 4 is 23.8 Å². The normalized spacial score (nSPS) is 25.6. The topological polar surface area (TPSA) is 58.6 Å². The summed E-state index contributed by atoms with van der Waals surface area (Å²) < 4.78 is 5.21. The minimum Gasteiger partial charge on any atom is -0.496 e. The largest absolute Gasteiger partial charge is 0.496 e. The second kappa shape index (κ2) is 8.40. The van der Waals surface area contributed by atoms with Crippen molar-refractivity contribution in [2.45, 2.75) is 32.2 Å². The number of nitrogens with zero attached hydrogens (tertiary/aromatic N) is 1. The molecule has 1 radical (unpaired) electrons. The van der Waals surface area contributed by atoms with Crippen molar-refractivity contribution < 1.29 is 14.3 Å². The van der Waals surface area contributed by atoms with Gasteiger partial charge in [0.15, 0.2) is 6.29 Å². The Morgan fingerprint density at radius 1 is 1.42 bits per heavy atom. The number of carbonyl (C=O) groups is 2. The summed E-state index contributed by atoms with van der Waals surface area (Å²) >= 11 is 6.25. The molecule has 0 saturated carbocycles. The van der Waals surface area contributed by atoms with Crippen molar-refractivity contribution in [2.75, 3.05) is 26.7 Å². The number of ether oxygens (including phenoxy) is 1. The van der Waals surface area contributed by atoms with Crippen molar-refractivity contribution in [3.05, 3.63) is 34.7 Å². The first-order chi connectivity index (χ1) is 12.6. The Morgan fingerprint density at radius 2 is 2.15 bits per heavy atom. The van der Waals surface area contributed by atoms with Gasteiger partial charge in [-0.15, -0.1) is 0 Å². The molecular weight excluding hydrogens is 352 g/mol. The Labute approximate surface area is 160 Å². The molecule has 1 unspecified atom stereocenters. The summed E-state index contributed by atoms with van der Waals surface area (Å²) in [6.07, 6.45) is 6.17. The number of hydrogen-bond acceptors (Lipinski definition) is 4. The van der Waals surface area contributed by atoms with Crippen LogP contribution in [-0.4, -0.2) is 49.9 Å². The number of carbonyl (C=O) groups excluding carboxylic acids is 2. The van der Waals surface area contributed by atoms with E-state index in [0.717, 1.165) is 13.0 Å². The van der Waals surface area contributed by atoms with Crippen molar-refractivity contribution in [3.8, 4) is 5.75 Å². The smallest absolute Gasteiger partial charge is 0.253 e. The summed E-state index contributed by atoms with van der Waals surface area (Å²) in [5.74, 6) is 1.23. The summed E-state index contributed by atoms with van der Waals surface area (Å²) in [6, 6.07) is 3.05. The van der Waals surface area contributed by atoms with Gasteiger partial charge < -0.3 is 15.0 Å². The number of piperidine rings is 3. The van der Waals surface area contributed by atoms with Crippen LogP contribution in [0.4, 0.5) is 0 Å². The molecule has 1 aromatic carbocycles. The van der Waals surface area contributed by atoms with Gasteiger partial charge in [-0.05, 0) is 56.3 Å². The Balaban J connectivity index is 1.79. The van der Waals surface area contributed by atoms with E-state index >= 15 is 0 Å². The molecular formula is C20H26ClN2O3. The van der Waals surface area contributed by atoms with Crippen LogP contribution in [0, 0.1) is 18.3 Å². The van der Waals surface area contributed by atoms with Gasteiger partial charge in [0.2, 0.25) is 0 Å². The van der Waals surface area contributed by atoms with Gasteiger partial charge in [0.1, 0.15) is 5.75 Å². The SMILES string of the molecule is CC[CH]C(NC(=O)c1cc(OC)c(C=O)cc1Cl)[C@H]1CN2CCC1CC2. The van der Waals surface area contributed by atoms with Gasteiger partial charge in [0, 0.05) is 12.6 Å². The van der Waals surface area contributed by atoms with Gasteiger partial charge in [-0.2, -0.15) is 0 Å². The van der Waals surface area contributed by atoms with Crippen LogP contribution in [-0.2, 0) is 0 Å². The van der Waals surface area contributed by atoms with Gasteiger partial charge in [0.25, 0.3) is 5.91 Å². The number of rotatable bonds is 7. The molecule has 141 valence electrons. The number of aldehydes is 1. The lowest BCUT2D eigenvalue weighted by Gasteiger charge is -2.47. The maximum atomic E-state index is 12.9. The van der Waals surface area contributed by atoms with E-state index in [2.05, 4.69) is 23.6 Å². The highest BCUT2D eigenvalue weighted by Crippen LogP contribution is 2.35. The molecule has 0 spiro atoms. The number of hydrogen-bond donors (Lipinski definition) is 1. The molecule has 2 bridgehead atoms. The van der Waals surface area contributed by atoms with Gasteiger partial charge in [-0.3, -0.25) is 9.59 Å². The minimum absolute atomic E-state index is 0.0217. The highest BCUT2D eigenvalue weighted by Gasteiger charge is 2.39. The predicted octanol–water partition coefficient (Wildman–Crippen LogP) is 3.22. The molecule has 1 N–H and O–H groups in total. The van der Waals surface area contributed by atoms with Crippen LogP contribution in [0.5, 0.6) is 5.75 Å². The molecule has 1 aromatic rings. The third-order valence-corrected chi connectivity index (χ3v) is 5.96. The first-order valence-electron chi connectivity index (χ1n) is 9.26. The Kier molecular flexibility index (Phi) is 6.20. The number of benzene rings is 1. The second-order valence-electron chi connectivity index (χ2n) is 7.14. The molecule has 3 aliphatic heterocycles. The molecule has 6 heteroatoms. The van der Waals surface area contributed by atoms with Crippen LogP contribution in [0.2, 0.25) is 5.02 Å². The zero-order chi connectivity index (χ0) is 18.7. The fourth-order valence-corrected chi connectivity index (χ4v) is 4.51. The Morgan fingerprint density at radius 3 is 2.69 bits per heavy atom. The molecule has 3 fully saturated rings. The van der Waals surface area contributed by atoms with Crippen LogP contribution in [0.15, 0.2) is 12.1 Å². The lowest BCUT2D eigenvalue weighted by Crippen LogP contribution is -2.55. The molecule has 1 amide bonds. The quantitative estimate of drug-likeness (QED) is 0.741. The van der Waals surface area contributed by atoms with Gasteiger partial charge in [-0.25, -0.2) is 0 Å². The van der Waals surface area contributed by atoms with E-state index in [9.17, 15) is 9.59 Å². The van der Waals surface area contributed by atoms with Gasteiger partial charge >= 0.3 is 0 Å². The van der Waals surface area contributed by atoms with E-state index < -0.39 is 0 Å². The van der Waals surface area contributed by atoms with Crippen molar-refractivity contribution in [2.24, 2.45) is 11.8 Å². The van der Waals surface area contributed by atoms with E-state index in [1.54, 1.807) is 6.07 Å². The van der Waals surface area contributed by atoms with Crippen molar-refractivity contribution in [1.82, 2.24) is 10.2 Å². The lowest BCUT2D eigenvalue weighted by molar-refractivity contribution is 0.0349. The number of halogens is 1. The first kappa shape index (κ1) is 19.2. The molecule has 3 heterocycles. The zero-order valence-corrected chi connectivity index (χ0v) is 16.1. The zero-order valence-electron chi connectivity index (χ0n) is 15.3. The van der Waals surface area contributed by atoms with Gasteiger partial charge in [-0.1, -0.05) is 24.9 Å². The van der Waals surface area contributed by atoms with E-state index in [1.165, 1.54) is 39.1 Å². The van der Waals surface area contributed by atoms with Crippen LogP contribution in [0.3, 0.4) is 0 Å². The summed E-state index contributed by atoms with van der Waals surface area (Å²) in [7, 11) is 1.47. The molecule has 4 rings (SSSR count). The third-order valence-electron chi connectivity index (χ3n) is 5.65. The monoisotopic (exact) mass is 377 g/mol. The number of nitrogens with one attached hydrogen (secondary N) is 1. The molecule has 26 heavy (non-hydrogen) atoms. The molecule has 5 nitrogen and oxygen atoms in total. The summed E-state index contributed by atoms with van der Waals surface area (Å²) in [5, 5.41) is 3.43. The summed E-state index contributed by atoms with van der Waals surface area (Å²) in [5.41, 5.74) is 0.674. The number of amides is 1. The van der Waals surface area contributed by atoms with E-state index in [0.29, 0.717) is 35.0 Å². The maximum absolute atomic E-state index is 12.9. The summed E-state index contributed by atoms with van der Waals surface area (Å²) in [4.78, 5) is 26.5. The molecule has 0 aliphatic carbocycles. The highest BCUT2D eigenvalue weighted by atomic mass is 35.5. The average molecular weight is 378 g/mol. The van der Waals surface area contributed by atoms with Crippen LogP contribution >= 0.6 is 11.6 Å². The fourth-order valence-electron chi connectivity index (χ4n) is 4.25. The van der Waals surface area contributed by atoms with Crippen molar-refractivity contribution in [3.63, 3.8) is 0 Å². The lowest BCUT2D eigenvalue weighted by atomic mass is 9.74. The summed E-state index contributed by atoms with van der Waals surface area (Å²) in [6.45, 7) is 5.47. The minimum atomic E-state index is -0.225. The Bertz CT molecular complexity index is 671. The Hall–Kier alpha value is -1.59. The van der Waals surface area contributed by atoms with Crippen LogP contribution in [0.1, 0.15) is 46.9 Å². The van der Waals surface area contributed by atoms with Crippen molar-refractivity contribution in [1.29, 1.82) is 0 Å². The first-order valence-corrected chi connectivity index (χ1v) is 9.64. The average Bonchev–Trinajstić information content (AvgIpc) is 2.68. The van der Waals surface area contributed by atoms with Crippen LogP contribution < -0.4 is 10.1 Å². The number of fused-ring (bicyclic) bond motifs is 3. The molecule has 3 aliphatic rings. The number of methoxy groups -OCH3 is 1. The molecule has 2 atom stereocenters. The van der Waals surface area contributed by atoms with E-state index in [-0.39, 0.29) is 17.0 Å². The highest BCUT2D eigenvalue weighted by molar-refractivity contribution is 6.34. The second-order valence-corrected chi connectivity index (χ2v) is 7.54. The standard InChI is InChI=1S/C20H26ClN2O3/c1-3-4-18(16-11-23-7-5-13(16)6-8-23)22-20(25)15-10-19(26-2)14(12-24)9-17(15)21/h4,9-10,12-13,16,18H,3,5-8,11H2,1-2H3,(H,22,25)/t16-,18?/m0/s1. The predicted molar refractivity (Wildman–Crippen MR) is 102 cm³/mol. The maximum Gasteiger partial charge on any atom is 0.253 e. The van der Waals surface area contributed by atoms with Crippen LogP contribution in [0.25, 0.3) is 0 Å². The van der Waals surface area contributed by atoms with E-state index in [1.807, 2.05) is 0 Å². The third kappa shape index (κ3) is 3.89. The van der Waals surface area contributed by atoms with Gasteiger partial charge in [0.05, 0.1) is 23.3 Å². The molecule has 0 aromatic heterocycles. The fraction of sp³-hybridized carbons (Fsp3) is 0.550.